The van der Waals surface area contributed by atoms with Gasteiger partial charge in [-0.1, -0.05) is 13.8 Å². The molecule has 6 nitrogen and oxygen atoms in total. The van der Waals surface area contributed by atoms with E-state index in [1.807, 2.05) is 4.90 Å². The van der Waals surface area contributed by atoms with Crippen molar-refractivity contribution in [2.45, 2.75) is 39.2 Å². The first kappa shape index (κ1) is 17.9. The summed E-state index contributed by atoms with van der Waals surface area (Å²) >= 11 is 0. The molecule has 0 aromatic rings. The topological polar surface area (TPSA) is 70.7 Å². The molecule has 6 heteroatoms. The van der Waals surface area contributed by atoms with Gasteiger partial charge >= 0.3 is 0 Å². The van der Waals surface area contributed by atoms with Crippen molar-refractivity contribution in [3.8, 4) is 0 Å². The van der Waals surface area contributed by atoms with Crippen LogP contribution in [0.2, 0.25) is 0 Å². The summed E-state index contributed by atoms with van der Waals surface area (Å²) in [6.45, 7) is 7.46. The minimum Gasteiger partial charge on any atom is -0.383 e. The summed E-state index contributed by atoms with van der Waals surface area (Å²) in [5, 5.41) is 6.07. The van der Waals surface area contributed by atoms with Crippen molar-refractivity contribution in [1.29, 1.82) is 0 Å². The van der Waals surface area contributed by atoms with Crippen LogP contribution < -0.4 is 10.6 Å². The van der Waals surface area contributed by atoms with E-state index in [9.17, 15) is 9.59 Å². The van der Waals surface area contributed by atoms with E-state index >= 15 is 0 Å². The Labute approximate surface area is 127 Å². The summed E-state index contributed by atoms with van der Waals surface area (Å²) in [5.74, 6) is -0.0931. The first-order valence-electron chi connectivity index (χ1n) is 7.90. The SMILES string of the molecule is CCC(CC)N1CC(C(=O)NCCNCCOC)CC1=O. The van der Waals surface area contributed by atoms with Crippen LogP contribution in [0.5, 0.6) is 0 Å². The van der Waals surface area contributed by atoms with Crippen LogP contribution in [0.1, 0.15) is 33.1 Å². The van der Waals surface area contributed by atoms with Gasteiger partial charge < -0.3 is 20.3 Å². The lowest BCUT2D eigenvalue weighted by Crippen LogP contribution is -2.39. The molecule has 1 fully saturated rings. The van der Waals surface area contributed by atoms with E-state index in [-0.39, 0.29) is 23.8 Å². The molecule has 122 valence electrons. The number of hydrogen-bond donors (Lipinski definition) is 2. The van der Waals surface area contributed by atoms with E-state index in [0.717, 1.165) is 19.4 Å². The standard InChI is InChI=1S/C15H29N3O3/c1-4-13(5-2)18-11-12(10-14(18)19)15(20)17-7-6-16-8-9-21-3/h12-13,16H,4-11H2,1-3H3,(H,17,20). The Morgan fingerprint density at radius 3 is 2.67 bits per heavy atom. The van der Waals surface area contributed by atoms with Crippen molar-refractivity contribution in [2.24, 2.45) is 5.92 Å². The number of carbonyl (C=O) groups excluding carboxylic acids is 2. The average molecular weight is 299 g/mol. The van der Waals surface area contributed by atoms with E-state index in [2.05, 4.69) is 24.5 Å². The molecular weight excluding hydrogens is 270 g/mol. The van der Waals surface area contributed by atoms with Gasteiger partial charge in [-0.05, 0) is 12.8 Å². The van der Waals surface area contributed by atoms with Crippen molar-refractivity contribution in [3.05, 3.63) is 0 Å². The van der Waals surface area contributed by atoms with E-state index < -0.39 is 0 Å². The smallest absolute Gasteiger partial charge is 0.225 e. The third kappa shape index (κ3) is 5.63. The number of nitrogens with one attached hydrogen (secondary N) is 2. The highest BCUT2D eigenvalue weighted by molar-refractivity contribution is 5.89. The second kappa shape index (κ2) is 9.73. The molecule has 2 amide bonds. The predicted octanol–water partition coefficient (Wildman–Crippen LogP) is 0.376. The van der Waals surface area contributed by atoms with Gasteiger partial charge in [-0.3, -0.25) is 9.59 Å². The maximum absolute atomic E-state index is 12.1. The van der Waals surface area contributed by atoms with Crippen LogP contribution in [0.3, 0.4) is 0 Å². The fraction of sp³-hybridized carbons (Fsp3) is 0.867. The highest BCUT2D eigenvalue weighted by Crippen LogP contribution is 2.22. The van der Waals surface area contributed by atoms with Gasteiger partial charge in [0.15, 0.2) is 0 Å². The number of rotatable bonds is 10. The zero-order valence-electron chi connectivity index (χ0n) is 13.5. The zero-order chi connectivity index (χ0) is 15.7. The van der Waals surface area contributed by atoms with Gasteiger partial charge in [0.1, 0.15) is 0 Å². The number of amides is 2. The minimum absolute atomic E-state index is 0.00894. The second-order valence-electron chi connectivity index (χ2n) is 5.45. The first-order chi connectivity index (χ1) is 10.1. The van der Waals surface area contributed by atoms with Crippen LogP contribution in [-0.4, -0.2) is 62.7 Å². The molecule has 1 saturated heterocycles. The van der Waals surface area contributed by atoms with Gasteiger partial charge in [0, 0.05) is 45.8 Å². The van der Waals surface area contributed by atoms with Gasteiger partial charge in [-0.15, -0.1) is 0 Å². The zero-order valence-corrected chi connectivity index (χ0v) is 13.5. The molecule has 2 N–H and O–H groups in total. The Morgan fingerprint density at radius 1 is 1.33 bits per heavy atom. The lowest BCUT2D eigenvalue weighted by Gasteiger charge is -2.26. The maximum Gasteiger partial charge on any atom is 0.225 e. The number of carbonyl (C=O) groups is 2. The molecule has 1 aliphatic heterocycles. The minimum atomic E-state index is -0.197. The van der Waals surface area contributed by atoms with Crippen LogP contribution >= 0.6 is 0 Å². The van der Waals surface area contributed by atoms with Gasteiger partial charge in [-0.2, -0.15) is 0 Å². The quantitative estimate of drug-likeness (QED) is 0.572. The molecule has 1 aliphatic rings. The van der Waals surface area contributed by atoms with Crippen LogP contribution in [0.25, 0.3) is 0 Å². The molecule has 0 radical (unpaired) electrons. The van der Waals surface area contributed by atoms with Crippen LogP contribution in [0.4, 0.5) is 0 Å². The Bertz CT molecular complexity index is 332. The van der Waals surface area contributed by atoms with Gasteiger partial charge in [-0.25, -0.2) is 0 Å². The maximum atomic E-state index is 12.1. The second-order valence-corrected chi connectivity index (χ2v) is 5.45. The molecule has 1 unspecified atom stereocenters. The van der Waals surface area contributed by atoms with Crippen LogP contribution in [0.15, 0.2) is 0 Å². The monoisotopic (exact) mass is 299 g/mol. The Kier molecular flexibility index (Phi) is 8.30. The predicted molar refractivity (Wildman–Crippen MR) is 81.9 cm³/mol. The van der Waals surface area contributed by atoms with E-state index in [1.54, 1.807) is 7.11 Å². The molecule has 0 aliphatic carbocycles. The lowest BCUT2D eigenvalue weighted by atomic mass is 10.1. The summed E-state index contributed by atoms with van der Waals surface area (Å²) in [4.78, 5) is 26.0. The van der Waals surface area contributed by atoms with Crippen molar-refractivity contribution in [3.63, 3.8) is 0 Å². The number of nitrogens with zero attached hydrogens (tertiary/aromatic N) is 1. The Hall–Kier alpha value is -1.14. The van der Waals surface area contributed by atoms with Gasteiger partial charge in [0.2, 0.25) is 11.8 Å². The Morgan fingerprint density at radius 2 is 2.05 bits per heavy atom. The first-order valence-corrected chi connectivity index (χ1v) is 7.90. The highest BCUT2D eigenvalue weighted by atomic mass is 16.5. The summed E-state index contributed by atoms with van der Waals surface area (Å²) in [5.41, 5.74) is 0. The normalized spacial score (nSPS) is 18.6. The molecule has 0 aromatic heterocycles. The largest absolute Gasteiger partial charge is 0.383 e. The third-order valence-corrected chi connectivity index (χ3v) is 4.00. The molecule has 1 heterocycles. The lowest BCUT2D eigenvalue weighted by molar-refractivity contribution is -0.130. The van der Waals surface area contributed by atoms with Crippen molar-refractivity contribution in [2.75, 3.05) is 39.9 Å². The summed E-state index contributed by atoms with van der Waals surface area (Å²) in [6, 6.07) is 0.269. The molecule has 1 rings (SSSR count). The van der Waals surface area contributed by atoms with Crippen molar-refractivity contribution >= 4 is 11.8 Å². The average Bonchev–Trinajstić information content (AvgIpc) is 2.86. The molecule has 0 aromatic carbocycles. The number of hydrogen-bond acceptors (Lipinski definition) is 4. The summed E-state index contributed by atoms with van der Waals surface area (Å²) in [6.07, 6.45) is 2.24. The molecule has 0 saturated carbocycles. The molecule has 21 heavy (non-hydrogen) atoms. The molecule has 1 atom stereocenters. The van der Waals surface area contributed by atoms with Gasteiger partial charge in [0.05, 0.1) is 12.5 Å². The fourth-order valence-electron chi connectivity index (χ4n) is 2.71. The fourth-order valence-corrected chi connectivity index (χ4v) is 2.71. The van der Waals surface area contributed by atoms with Crippen molar-refractivity contribution in [1.82, 2.24) is 15.5 Å². The Balaban J connectivity index is 2.28. The van der Waals surface area contributed by atoms with Crippen molar-refractivity contribution < 1.29 is 14.3 Å². The van der Waals surface area contributed by atoms with E-state index in [4.69, 9.17) is 4.74 Å². The molecule has 0 bridgehead atoms. The third-order valence-electron chi connectivity index (χ3n) is 4.00. The number of ether oxygens (including phenoxy) is 1. The molecule has 0 spiro atoms. The van der Waals surface area contributed by atoms with Gasteiger partial charge in [0.25, 0.3) is 0 Å². The van der Waals surface area contributed by atoms with E-state index in [1.165, 1.54) is 0 Å². The van der Waals surface area contributed by atoms with Crippen LogP contribution in [0, 0.1) is 5.92 Å². The number of likely N-dealkylation sites (tertiary alicyclic amines) is 1. The van der Waals surface area contributed by atoms with E-state index in [0.29, 0.717) is 32.7 Å². The van der Waals surface area contributed by atoms with Crippen LogP contribution in [-0.2, 0) is 14.3 Å². The summed E-state index contributed by atoms with van der Waals surface area (Å²) < 4.78 is 4.93. The highest BCUT2D eigenvalue weighted by Gasteiger charge is 2.36. The summed E-state index contributed by atoms with van der Waals surface area (Å²) in [7, 11) is 1.66. The molecular formula is C15H29N3O3. The number of methoxy groups -OCH3 is 1.